The molecule has 0 atom stereocenters. The third kappa shape index (κ3) is 8.23. The molecular formula is C33H40N4O2S. The third-order valence-corrected chi connectivity index (χ3v) is 7.57. The quantitative estimate of drug-likeness (QED) is 0.211. The Morgan fingerprint density at radius 1 is 0.775 bits per heavy atom. The number of carbonyl (C=O) groups is 2. The van der Waals surface area contributed by atoms with Crippen LogP contribution in [-0.2, 0) is 4.79 Å². The summed E-state index contributed by atoms with van der Waals surface area (Å²) in [6.45, 7) is 4.96. The first-order chi connectivity index (χ1) is 19.6. The predicted molar refractivity (Wildman–Crippen MR) is 166 cm³/mol. The van der Waals surface area contributed by atoms with E-state index in [-0.39, 0.29) is 23.0 Å². The number of nitrogens with one attached hydrogen (secondary N) is 2. The van der Waals surface area contributed by atoms with Gasteiger partial charge in [-0.05, 0) is 41.9 Å². The van der Waals surface area contributed by atoms with Crippen LogP contribution in [-0.4, -0.2) is 52.9 Å². The van der Waals surface area contributed by atoms with Crippen molar-refractivity contribution in [2.45, 2.75) is 51.5 Å². The standard InChI is InChI=1S/C33H40N4O2S/c1-2-3-4-5-12-21-30(38)35-33(40)34-29-20-14-13-19-28(29)32(39)37-24-22-36(23-25-37)31(26-15-8-6-9-16-26)27-17-10-7-11-18-27/h6-11,13-20,31H,2-5,12,21-25H2,1H3,(H2,34,35,38,40). The highest BCUT2D eigenvalue weighted by atomic mass is 32.1. The highest BCUT2D eigenvalue weighted by molar-refractivity contribution is 7.80. The van der Waals surface area contributed by atoms with Gasteiger partial charge in [0.25, 0.3) is 5.91 Å². The molecule has 0 aromatic heterocycles. The van der Waals surface area contributed by atoms with E-state index < -0.39 is 0 Å². The second-order valence-corrected chi connectivity index (χ2v) is 10.7. The fourth-order valence-corrected chi connectivity index (χ4v) is 5.47. The van der Waals surface area contributed by atoms with Gasteiger partial charge in [-0.15, -0.1) is 0 Å². The summed E-state index contributed by atoms with van der Waals surface area (Å²) >= 11 is 5.40. The van der Waals surface area contributed by atoms with Crippen molar-refractivity contribution in [1.29, 1.82) is 0 Å². The first kappa shape index (κ1) is 29.4. The number of hydrogen-bond acceptors (Lipinski definition) is 4. The van der Waals surface area contributed by atoms with Gasteiger partial charge in [0, 0.05) is 32.6 Å². The molecule has 4 rings (SSSR count). The second kappa shape index (κ2) is 15.3. The van der Waals surface area contributed by atoms with E-state index in [1.165, 1.54) is 24.0 Å². The van der Waals surface area contributed by atoms with Crippen LogP contribution in [0, 0.1) is 0 Å². The van der Waals surface area contributed by atoms with E-state index in [1.54, 1.807) is 0 Å². The Balaban J connectivity index is 1.36. The maximum absolute atomic E-state index is 13.6. The molecule has 210 valence electrons. The lowest BCUT2D eigenvalue weighted by Gasteiger charge is -2.40. The number of benzene rings is 3. The molecule has 0 unspecified atom stereocenters. The van der Waals surface area contributed by atoms with Crippen LogP contribution in [0.1, 0.15) is 73.0 Å². The summed E-state index contributed by atoms with van der Waals surface area (Å²) in [5.41, 5.74) is 3.66. The summed E-state index contributed by atoms with van der Waals surface area (Å²) in [7, 11) is 0. The molecule has 0 bridgehead atoms. The highest BCUT2D eigenvalue weighted by Crippen LogP contribution is 2.30. The van der Waals surface area contributed by atoms with Gasteiger partial charge in [0.1, 0.15) is 0 Å². The minimum atomic E-state index is -0.0969. The summed E-state index contributed by atoms with van der Waals surface area (Å²) in [5.74, 6) is -0.135. The van der Waals surface area contributed by atoms with Gasteiger partial charge < -0.3 is 15.5 Å². The van der Waals surface area contributed by atoms with Gasteiger partial charge in [-0.2, -0.15) is 0 Å². The lowest BCUT2D eigenvalue weighted by Crippen LogP contribution is -2.50. The van der Waals surface area contributed by atoms with Crippen molar-refractivity contribution >= 4 is 34.8 Å². The fourth-order valence-electron chi connectivity index (χ4n) is 5.25. The number of rotatable bonds is 11. The number of carbonyl (C=O) groups excluding carboxylic acids is 2. The van der Waals surface area contributed by atoms with Crippen LogP contribution in [0.25, 0.3) is 0 Å². The van der Waals surface area contributed by atoms with Crippen molar-refractivity contribution in [3.8, 4) is 0 Å². The minimum Gasteiger partial charge on any atom is -0.336 e. The average Bonchev–Trinajstić information content (AvgIpc) is 2.98. The van der Waals surface area contributed by atoms with Crippen molar-refractivity contribution < 1.29 is 9.59 Å². The van der Waals surface area contributed by atoms with Crippen molar-refractivity contribution in [2.75, 3.05) is 31.5 Å². The molecule has 7 heteroatoms. The Hall–Kier alpha value is -3.55. The number of nitrogens with zero attached hydrogens (tertiary/aromatic N) is 2. The molecule has 0 saturated carbocycles. The smallest absolute Gasteiger partial charge is 0.256 e. The molecule has 1 heterocycles. The molecule has 1 aliphatic heterocycles. The first-order valence-electron chi connectivity index (χ1n) is 14.4. The number of thiocarbonyl (C=S) groups is 1. The van der Waals surface area contributed by atoms with Crippen LogP contribution >= 0.6 is 12.2 Å². The Labute approximate surface area is 243 Å². The molecule has 1 saturated heterocycles. The minimum absolute atomic E-state index is 0.0382. The average molecular weight is 557 g/mol. The lowest BCUT2D eigenvalue weighted by molar-refractivity contribution is -0.119. The van der Waals surface area contributed by atoms with E-state index in [1.807, 2.05) is 41.3 Å². The molecular weight excluding hydrogens is 516 g/mol. The first-order valence-corrected chi connectivity index (χ1v) is 14.8. The molecule has 6 nitrogen and oxygen atoms in total. The Morgan fingerprint density at radius 2 is 1.35 bits per heavy atom. The van der Waals surface area contributed by atoms with Gasteiger partial charge in [-0.1, -0.05) is 105 Å². The third-order valence-electron chi connectivity index (χ3n) is 7.36. The van der Waals surface area contributed by atoms with E-state index in [0.717, 1.165) is 32.4 Å². The van der Waals surface area contributed by atoms with E-state index in [9.17, 15) is 9.59 Å². The molecule has 0 aliphatic carbocycles. The van der Waals surface area contributed by atoms with Gasteiger partial charge in [-0.3, -0.25) is 14.5 Å². The van der Waals surface area contributed by atoms with Crippen LogP contribution in [0.3, 0.4) is 0 Å². The van der Waals surface area contributed by atoms with Gasteiger partial charge in [0.05, 0.1) is 17.3 Å². The summed E-state index contributed by atoms with van der Waals surface area (Å²) < 4.78 is 0. The van der Waals surface area contributed by atoms with Gasteiger partial charge in [-0.25, -0.2) is 0 Å². The van der Waals surface area contributed by atoms with E-state index in [2.05, 4.69) is 71.0 Å². The monoisotopic (exact) mass is 556 g/mol. The number of amides is 2. The maximum Gasteiger partial charge on any atom is 0.256 e. The number of hydrogen-bond donors (Lipinski definition) is 2. The molecule has 2 N–H and O–H groups in total. The molecule has 40 heavy (non-hydrogen) atoms. The molecule has 2 amide bonds. The lowest BCUT2D eigenvalue weighted by atomic mass is 9.96. The molecule has 0 spiro atoms. The zero-order valence-corrected chi connectivity index (χ0v) is 24.2. The normalized spacial score (nSPS) is 13.7. The number of para-hydroxylation sites is 1. The summed E-state index contributed by atoms with van der Waals surface area (Å²) in [6, 6.07) is 28.6. The van der Waals surface area contributed by atoms with E-state index in [0.29, 0.717) is 30.8 Å². The molecule has 1 aliphatic rings. The van der Waals surface area contributed by atoms with Crippen molar-refractivity contribution in [1.82, 2.24) is 15.1 Å². The van der Waals surface area contributed by atoms with E-state index in [4.69, 9.17) is 12.2 Å². The molecule has 0 radical (unpaired) electrons. The SMILES string of the molecule is CCCCCCCC(=O)NC(=S)Nc1ccccc1C(=O)N1CCN(C(c2ccccc2)c2ccccc2)CC1. The summed E-state index contributed by atoms with van der Waals surface area (Å²) in [5, 5.41) is 6.07. The molecule has 3 aromatic carbocycles. The van der Waals surface area contributed by atoms with Gasteiger partial charge >= 0.3 is 0 Å². The van der Waals surface area contributed by atoms with Crippen molar-refractivity contribution in [3.63, 3.8) is 0 Å². The van der Waals surface area contributed by atoms with Crippen LogP contribution < -0.4 is 10.6 Å². The number of anilines is 1. The Kier molecular flexibility index (Phi) is 11.3. The zero-order chi connectivity index (χ0) is 28.2. The van der Waals surface area contributed by atoms with Crippen LogP contribution in [0.5, 0.6) is 0 Å². The summed E-state index contributed by atoms with van der Waals surface area (Å²) in [6.07, 6.45) is 5.87. The molecule has 3 aromatic rings. The molecule has 1 fully saturated rings. The predicted octanol–water partition coefficient (Wildman–Crippen LogP) is 6.41. The highest BCUT2D eigenvalue weighted by Gasteiger charge is 2.29. The van der Waals surface area contributed by atoms with Gasteiger partial charge in [0.15, 0.2) is 5.11 Å². The second-order valence-electron chi connectivity index (χ2n) is 10.3. The largest absolute Gasteiger partial charge is 0.336 e. The van der Waals surface area contributed by atoms with Crippen LogP contribution in [0.15, 0.2) is 84.9 Å². The topological polar surface area (TPSA) is 64.7 Å². The van der Waals surface area contributed by atoms with Crippen molar-refractivity contribution in [3.05, 3.63) is 102 Å². The van der Waals surface area contributed by atoms with Crippen LogP contribution in [0.4, 0.5) is 5.69 Å². The zero-order valence-electron chi connectivity index (χ0n) is 23.4. The number of piperazine rings is 1. The Morgan fingerprint density at radius 3 is 1.98 bits per heavy atom. The Bertz CT molecular complexity index is 1200. The van der Waals surface area contributed by atoms with Gasteiger partial charge in [0.2, 0.25) is 5.91 Å². The summed E-state index contributed by atoms with van der Waals surface area (Å²) in [4.78, 5) is 30.3. The van der Waals surface area contributed by atoms with E-state index >= 15 is 0 Å². The maximum atomic E-state index is 13.6. The van der Waals surface area contributed by atoms with Crippen LogP contribution in [0.2, 0.25) is 0 Å². The number of unbranched alkanes of at least 4 members (excludes halogenated alkanes) is 4. The van der Waals surface area contributed by atoms with Crippen molar-refractivity contribution in [2.24, 2.45) is 0 Å². The fraction of sp³-hybridized carbons (Fsp3) is 0.364.